The molecule has 0 unspecified atom stereocenters. The maximum atomic E-state index is 2.29. The van der Waals surface area contributed by atoms with E-state index in [0.717, 1.165) is 0 Å². The molecule has 0 saturated heterocycles. The minimum Gasteiger partial charge on any atom is -0.0620 e. The van der Waals surface area contributed by atoms with E-state index in [1.54, 1.807) is 0 Å². The zero-order chi connectivity index (χ0) is 32.8. The smallest absolute Gasteiger partial charge is 0.00236 e. The Morgan fingerprint density at radius 1 is 0.239 bits per heavy atom. The summed E-state index contributed by atoms with van der Waals surface area (Å²) in [5.74, 6) is 0. The molecule has 0 aliphatic rings. The third-order valence-electron chi connectivity index (χ3n) is 9.53. The topological polar surface area (TPSA) is 0 Å². The van der Waals surface area contributed by atoms with Crippen molar-refractivity contribution in [2.24, 2.45) is 0 Å². The summed E-state index contributed by atoms with van der Waals surface area (Å²) >= 11 is 0. The molecule has 230 valence electrons. The molecule has 0 saturated carbocycles. The third-order valence-corrected chi connectivity index (χ3v) is 9.53. The highest BCUT2D eigenvalue weighted by Crippen LogP contribution is 2.45. The largest absolute Gasteiger partial charge is 0.0620 e. The SMILES string of the molecule is Cc1cccc(-c2c3ccccc3c(-c3cccc(C)c3C)c3ccccc23)c1C.Cc1ccccc1C.Cc1ccccc1C. The van der Waals surface area contributed by atoms with E-state index < -0.39 is 0 Å². The van der Waals surface area contributed by atoms with Gasteiger partial charge in [-0.1, -0.05) is 133 Å². The van der Waals surface area contributed by atoms with E-state index in [1.807, 2.05) is 0 Å². The quantitative estimate of drug-likeness (QED) is 0.174. The van der Waals surface area contributed by atoms with Gasteiger partial charge in [-0.05, 0) is 144 Å². The Bertz CT molecular complexity index is 1870. The van der Waals surface area contributed by atoms with Crippen LogP contribution in [0, 0.1) is 55.4 Å². The first-order valence-corrected chi connectivity index (χ1v) is 16.3. The van der Waals surface area contributed by atoms with Crippen LogP contribution in [0.15, 0.2) is 133 Å². The third kappa shape index (κ3) is 6.82. The summed E-state index contributed by atoms with van der Waals surface area (Å²) in [6, 6.07) is 47.8. The lowest BCUT2D eigenvalue weighted by Gasteiger charge is -2.20. The Labute approximate surface area is 276 Å². The predicted molar refractivity (Wildman–Crippen MR) is 203 cm³/mol. The Kier molecular flexibility index (Phi) is 10.2. The van der Waals surface area contributed by atoms with Gasteiger partial charge < -0.3 is 0 Å². The van der Waals surface area contributed by atoms with Gasteiger partial charge in [-0.3, -0.25) is 0 Å². The molecule has 0 aliphatic heterocycles. The Morgan fingerprint density at radius 2 is 0.478 bits per heavy atom. The average Bonchev–Trinajstić information content (AvgIpc) is 3.06. The molecule has 0 aromatic heterocycles. The first-order valence-electron chi connectivity index (χ1n) is 16.3. The van der Waals surface area contributed by atoms with Crippen molar-refractivity contribution in [1.29, 1.82) is 0 Å². The maximum absolute atomic E-state index is 2.29. The van der Waals surface area contributed by atoms with Crippen molar-refractivity contribution in [1.82, 2.24) is 0 Å². The van der Waals surface area contributed by atoms with Gasteiger partial charge in [0.1, 0.15) is 0 Å². The summed E-state index contributed by atoms with van der Waals surface area (Å²) in [7, 11) is 0. The number of fused-ring (bicyclic) bond motifs is 2. The lowest BCUT2D eigenvalue weighted by atomic mass is 9.83. The maximum Gasteiger partial charge on any atom is -0.00236 e. The summed E-state index contributed by atoms with van der Waals surface area (Å²) < 4.78 is 0. The van der Waals surface area contributed by atoms with Crippen LogP contribution in [0.2, 0.25) is 0 Å². The molecule has 0 radical (unpaired) electrons. The molecule has 0 heteroatoms. The van der Waals surface area contributed by atoms with Crippen molar-refractivity contribution in [2.45, 2.75) is 55.4 Å². The fourth-order valence-electron chi connectivity index (χ4n) is 6.08. The van der Waals surface area contributed by atoms with Gasteiger partial charge in [0.05, 0.1) is 0 Å². The molecule has 0 atom stereocenters. The molecular formula is C46H46. The van der Waals surface area contributed by atoms with Crippen molar-refractivity contribution < 1.29 is 0 Å². The van der Waals surface area contributed by atoms with Crippen molar-refractivity contribution >= 4 is 21.5 Å². The zero-order valence-electron chi connectivity index (χ0n) is 28.7. The minimum absolute atomic E-state index is 1.32. The fourth-order valence-corrected chi connectivity index (χ4v) is 6.08. The molecule has 0 fully saturated rings. The molecule has 0 nitrogen and oxygen atoms in total. The number of aryl methyl sites for hydroxylation is 6. The van der Waals surface area contributed by atoms with Crippen LogP contribution in [-0.2, 0) is 0 Å². The van der Waals surface area contributed by atoms with Crippen molar-refractivity contribution in [2.75, 3.05) is 0 Å². The summed E-state index contributed by atoms with van der Waals surface area (Å²) in [6.07, 6.45) is 0. The van der Waals surface area contributed by atoms with E-state index in [-0.39, 0.29) is 0 Å². The second-order valence-corrected chi connectivity index (χ2v) is 12.5. The van der Waals surface area contributed by atoms with E-state index in [2.05, 4.69) is 189 Å². The summed E-state index contributed by atoms with van der Waals surface area (Å²) in [5, 5.41) is 5.28. The molecule has 0 N–H and O–H groups in total. The van der Waals surface area contributed by atoms with Gasteiger partial charge in [0, 0.05) is 0 Å². The monoisotopic (exact) mass is 598 g/mol. The van der Waals surface area contributed by atoms with E-state index in [0.29, 0.717) is 0 Å². The van der Waals surface area contributed by atoms with Crippen molar-refractivity contribution in [3.63, 3.8) is 0 Å². The molecule has 7 aromatic carbocycles. The molecule has 0 amide bonds. The van der Waals surface area contributed by atoms with Crippen LogP contribution in [0.3, 0.4) is 0 Å². The van der Waals surface area contributed by atoms with Crippen molar-refractivity contribution in [3.8, 4) is 22.3 Å². The minimum atomic E-state index is 1.32. The number of hydrogen-bond acceptors (Lipinski definition) is 0. The van der Waals surface area contributed by atoms with Gasteiger partial charge in [-0.25, -0.2) is 0 Å². The van der Waals surface area contributed by atoms with Gasteiger partial charge in [0.2, 0.25) is 0 Å². The van der Waals surface area contributed by atoms with Crippen LogP contribution in [-0.4, -0.2) is 0 Å². The molecule has 7 aromatic rings. The molecule has 46 heavy (non-hydrogen) atoms. The molecule has 0 bridgehead atoms. The van der Waals surface area contributed by atoms with E-state index in [4.69, 9.17) is 0 Å². The molecular weight excluding hydrogens is 553 g/mol. The Morgan fingerprint density at radius 3 is 0.739 bits per heavy atom. The van der Waals surface area contributed by atoms with Gasteiger partial charge in [-0.15, -0.1) is 0 Å². The number of benzene rings is 7. The molecule has 0 aliphatic carbocycles. The highest BCUT2D eigenvalue weighted by Gasteiger charge is 2.18. The van der Waals surface area contributed by atoms with Crippen LogP contribution in [0.5, 0.6) is 0 Å². The number of hydrogen-bond donors (Lipinski definition) is 0. The molecule has 0 spiro atoms. The number of rotatable bonds is 2. The second kappa shape index (κ2) is 14.4. The van der Waals surface area contributed by atoms with Crippen LogP contribution in [0.1, 0.15) is 44.5 Å². The van der Waals surface area contributed by atoms with E-state index in [1.165, 1.54) is 88.3 Å². The molecule has 7 rings (SSSR count). The molecule has 0 heterocycles. The first kappa shape index (κ1) is 32.5. The van der Waals surface area contributed by atoms with Gasteiger partial charge >= 0.3 is 0 Å². The highest BCUT2D eigenvalue weighted by molar-refractivity contribution is 6.21. The predicted octanol–water partition coefficient (Wildman–Crippen LogP) is 13.2. The standard InChI is InChI=1S/C30H26.2C8H10/c1-19-11-9-17-23(21(19)3)29-25-13-5-7-15-27(25)30(28-16-8-6-14-26(28)29)24-18-10-12-20(2)22(24)4;2*1-7-5-3-4-6-8(7)2/h5-18H,1-4H3;2*3-6H,1-2H3. The van der Waals surface area contributed by atoms with Crippen LogP contribution < -0.4 is 0 Å². The van der Waals surface area contributed by atoms with E-state index >= 15 is 0 Å². The summed E-state index contributed by atoms with van der Waals surface area (Å²) in [4.78, 5) is 0. The van der Waals surface area contributed by atoms with Crippen LogP contribution in [0.4, 0.5) is 0 Å². The first-order chi connectivity index (χ1) is 22.2. The zero-order valence-corrected chi connectivity index (χ0v) is 28.7. The Balaban J connectivity index is 0.000000212. The van der Waals surface area contributed by atoms with E-state index in [9.17, 15) is 0 Å². The van der Waals surface area contributed by atoms with Gasteiger partial charge in [0.15, 0.2) is 0 Å². The highest BCUT2D eigenvalue weighted by atomic mass is 14.2. The average molecular weight is 599 g/mol. The van der Waals surface area contributed by atoms with Crippen molar-refractivity contribution in [3.05, 3.63) is 178 Å². The second-order valence-electron chi connectivity index (χ2n) is 12.5. The summed E-state index contributed by atoms with van der Waals surface area (Å²) in [5.41, 5.74) is 16.2. The normalized spacial score (nSPS) is 10.6. The lowest BCUT2D eigenvalue weighted by Crippen LogP contribution is -1.95. The fraction of sp³-hybridized carbons (Fsp3) is 0.174. The van der Waals surface area contributed by atoms with Crippen LogP contribution >= 0.6 is 0 Å². The van der Waals surface area contributed by atoms with Crippen LogP contribution in [0.25, 0.3) is 43.8 Å². The lowest BCUT2D eigenvalue weighted by molar-refractivity contribution is 1.34. The Hall–Kier alpha value is -4.94. The van der Waals surface area contributed by atoms with Gasteiger partial charge in [-0.2, -0.15) is 0 Å². The summed E-state index contributed by atoms with van der Waals surface area (Å²) in [6.45, 7) is 17.4. The van der Waals surface area contributed by atoms with Gasteiger partial charge in [0.25, 0.3) is 0 Å².